The Bertz CT molecular complexity index is 1600. The van der Waals surface area contributed by atoms with Crippen LogP contribution in [0.1, 0.15) is 68.1 Å². The van der Waals surface area contributed by atoms with E-state index in [0.29, 0.717) is 24.9 Å². The van der Waals surface area contributed by atoms with Gasteiger partial charge in [-0.05, 0) is 57.8 Å². The number of amides is 1. The summed E-state index contributed by atoms with van der Waals surface area (Å²) in [5.41, 5.74) is 3.47. The molecule has 0 aliphatic carbocycles. The fraction of sp³-hybridized carbons (Fsp3) is 0.364. The third-order valence-electron chi connectivity index (χ3n) is 7.82. The molecule has 0 saturated carbocycles. The summed E-state index contributed by atoms with van der Waals surface area (Å²) in [6.07, 6.45) is 2.30. The average molecular weight is 575 g/mol. The van der Waals surface area contributed by atoms with Crippen LogP contribution in [0.2, 0.25) is 0 Å². The predicted molar refractivity (Wildman–Crippen MR) is 164 cm³/mol. The van der Waals surface area contributed by atoms with Crippen molar-refractivity contribution in [2.45, 2.75) is 63.3 Å². The van der Waals surface area contributed by atoms with Gasteiger partial charge < -0.3 is 4.90 Å². The summed E-state index contributed by atoms with van der Waals surface area (Å²) < 4.78 is 29.5. The van der Waals surface area contributed by atoms with Crippen LogP contribution in [0.15, 0.2) is 83.1 Å². The van der Waals surface area contributed by atoms with Crippen LogP contribution in [-0.2, 0) is 26.7 Å². The van der Waals surface area contributed by atoms with Crippen molar-refractivity contribution in [2.75, 3.05) is 19.6 Å². The number of rotatable bonds is 8. The summed E-state index contributed by atoms with van der Waals surface area (Å²) >= 11 is 1.73. The van der Waals surface area contributed by atoms with E-state index in [9.17, 15) is 13.2 Å². The molecular weight excluding hydrogens is 537 g/mol. The lowest BCUT2D eigenvalue weighted by Crippen LogP contribution is -2.47. The van der Waals surface area contributed by atoms with Crippen LogP contribution in [0, 0.1) is 0 Å². The van der Waals surface area contributed by atoms with E-state index in [1.165, 1.54) is 14.7 Å². The van der Waals surface area contributed by atoms with Gasteiger partial charge in [0.1, 0.15) is 0 Å². The van der Waals surface area contributed by atoms with Crippen LogP contribution in [0.3, 0.4) is 0 Å². The maximum atomic E-state index is 14.1. The first-order valence-electron chi connectivity index (χ1n) is 14.1. The van der Waals surface area contributed by atoms with E-state index in [1.54, 1.807) is 23.5 Å². The number of fused-ring (bicyclic) bond motifs is 2. The highest BCUT2D eigenvalue weighted by Crippen LogP contribution is 2.39. The van der Waals surface area contributed by atoms with Crippen LogP contribution in [-0.4, -0.2) is 43.2 Å². The maximum absolute atomic E-state index is 14.1. The van der Waals surface area contributed by atoms with E-state index in [0.717, 1.165) is 29.4 Å². The van der Waals surface area contributed by atoms with Gasteiger partial charge in [0.05, 0.1) is 17.5 Å². The molecule has 0 unspecified atom stereocenters. The summed E-state index contributed by atoms with van der Waals surface area (Å²) in [5, 5.41) is 3.63. The molecule has 0 radical (unpaired) electrons. The molecule has 0 fully saturated rings. The Labute approximate surface area is 242 Å². The lowest BCUT2D eigenvalue weighted by Gasteiger charge is -2.37. The van der Waals surface area contributed by atoms with Crippen molar-refractivity contribution in [2.24, 2.45) is 0 Å². The molecule has 1 amide bonds. The van der Waals surface area contributed by atoms with Crippen LogP contribution in [0.25, 0.3) is 10.8 Å². The number of hydrogen-bond donors (Lipinski definition) is 0. The summed E-state index contributed by atoms with van der Waals surface area (Å²) in [6, 6.07) is 23.3. The molecule has 1 aliphatic rings. The SMILES string of the molecule is CCCCN(CC(=O)N1CCc2sccc2[C@@H]1c1ccc(C(C)(C)C)cc1)S(=O)(=O)c1cccc2ccccc12. The molecule has 4 aromatic rings. The van der Waals surface area contributed by atoms with Gasteiger partial charge in [0.25, 0.3) is 0 Å². The third-order valence-corrected chi connectivity index (χ3v) is 10.7. The number of benzene rings is 3. The topological polar surface area (TPSA) is 57.7 Å². The largest absolute Gasteiger partial charge is 0.330 e. The molecule has 5 nitrogen and oxygen atoms in total. The Hall–Kier alpha value is -3.00. The average Bonchev–Trinajstić information content (AvgIpc) is 3.43. The Morgan fingerprint density at radius 1 is 1.00 bits per heavy atom. The number of unbranched alkanes of at least 4 members (excludes halogenated alkanes) is 1. The third kappa shape index (κ3) is 5.60. The van der Waals surface area contributed by atoms with Crippen LogP contribution < -0.4 is 0 Å². The first kappa shape index (κ1) is 28.5. The Morgan fingerprint density at radius 2 is 1.73 bits per heavy atom. The van der Waals surface area contributed by atoms with Crippen molar-refractivity contribution in [3.63, 3.8) is 0 Å². The minimum absolute atomic E-state index is 0.0316. The highest BCUT2D eigenvalue weighted by atomic mass is 32.2. The first-order chi connectivity index (χ1) is 19.1. The number of thiophene rings is 1. The smallest absolute Gasteiger partial charge is 0.244 e. The molecule has 210 valence electrons. The molecular formula is C33H38N2O3S2. The minimum Gasteiger partial charge on any atom is -0.330 e. The van der Waals surface area contributed by atoms with Gasteiger partial charge >= 0.3 is 0 Å². The molecule has 0 saturated heterocycles. The normalized spacial score (nSPS) is 15.9. The summed E-state index contributed by atoms with van der Waals surface area (Å²) in [7, 11) is -3.90. The highest BCUT2D eigenvalue weighted by molar-refractivity contribution is 7.89. The molecule has 1 atom stereocenters. The van der Waals surface area contributed by atoms with Crippen LogP contribution in [0.4, 0.5) is 0 Å². The van der Waals surface area contributed by atoms with E-state index in [-0.39, 0.29) is 28.8 Å². The van der Waals surface area contributed by atoms with Crippen molar-refractivity contribution in [3.8, 4) is 0 Å². The zero-order valence-electron chi connectivity index (χ0n) is 23.8. The number of carbonyl (C=O) groups excluding carboxylic acids is 1. The fourth-order valence-corrected chi connectivity index (χ4v) is 8.08. The summed E-state index contributed by atoms with van der Waals surface area (Å²) in [4.78, 5) is 17.5. The van der Waals surface area contributed by atoms with Crippen LogP contribution in [0.5, 0.6) is 0 Å². The van der Waals surface area contributed by atoms with Gasteiger partial charge in [0, 0.05) is 23.4 Å². The molecule has 0 bridgehead atoms. The summed E-state index contributed by atoms with van der Waals surface area (Å²) in [6.45, 7) is 9.29. The number of sulfonamides is 1. The van der Waals surface area contributed by atoms with Crippen molar-refractivity contribution in [1.82, 2.24) is 9.21 Å². The second kappa shape index (κ2) is 11.5. The van der Waals surface area contributed by atoms with E-state index < -0.39 is 10.0 Å². The molecule has 0 spiro atoms. The van der Waals surface area contributed by atoms with Crippen LogP contribution >= 0.6 is 11.3 Å². The second-order valence-corrected chi connectivity index (χ2v) is 14.5. The van der Waals surface area contributed by atoms with Gasteiger partial charge in [-0.2, -0.15) is 4.31 Å². The van der Waals surface area contributed by atoms with E-state index >= 15 is 0 Å². The molecule has 7 heteroatoms. The van der Waals surface area contributed by atoms with Gasteiger partial charge in [-0.15, -0.1) is 11.3 Å². The number of nitrogens with zero attached hydrogens (tertiary/aromatic N) is 2. The highest BCUT2D eigenvalue weighted by Gasteiger charge is 2.36. The van der Waals surface area contributed by atoms with Crippen molar-refractivity contribution in [1.29, 1.82) is 0 Å². The molecule has 40 heavy (non-hydrogen) atoms. The quantitative estimate of drug-likeness (QED) is 0.224. The number of carbonyl (C=O) groups is 1. The Kier molecular flexibility index (Phi) is 8.18. The maximum Gasteiger partial charge on any atom is 0.244 e. The first-order valence-corrected chi connectivity index (χ1v) is 16.4. The van der Waals surface area contributed by atoms with E-state index in [4.69, 9.17) is 0 Å². The van der Waals surface area contributed by atoms with Gasteiger partial charge in [-0.25, -0.2) is 8.42 Å². The fourth-order valence-electron chi connectivity index (χ4n) is 5.53. The molecule has 1 aliphatic heterocycles. The lowest BCUT2D eigenvalue weighted by atomic mass is 9.85. The minimum atomic E-state index is -3.90. The molecule has 0 N–H and O–H groups in total. The lowest BCUT2D eigenvalue weighted by molar-refractivity contribution is -0.133. The molecule has 2 heterocycles. The van der Waals surface area contributed by atoms with E-state index in [1.807, 2.05) is 42.2 Å². The Morgan fingerprint density at radius 3 is 2.45 bits per heavy atom. The monoisotopic (exact) mass is 574 g/mol. The molecule has 1 aromatic heterocycles. The van der Waals surface area contributed by atoms with E-state index in [2.05, 4.69) is 56.5 Å². The predicted octanol–water partition coefficient (Wildman–Crippen LogP) is 7.16. The van der Waals surface area contributed by atoms with Gasteiger partial charge in [-0.1, -0.05) is 94.8 Å². The van der Waals surface area contributed by atoms with Crippen molar-refractivity contribution in [3.05, 3.63) is 99.7 Å². The molecule has 5 rings (SSSR count). The standard InChI is InChI=1S/C33H38N2O3S2/c1-5-6-20-34(40(37,38)30-13-9-11-24-10-7-8-12-27(24)30)23-31(36)35-21-18-29-28(19-22-39-29)32(35)25-14-16-26(17-15-25)33(2,3)4/h7-17,19,22,32H,5-6,18,20-21,23H2,1-4H3/t32-/m0/s1. The van der Waals surface area contributed by atoms with Crippen molar-refractivity contribution >= 4 is 38.0 Å². The Balaban J connectivity index is 1.49. The van der Waals surface area contributed by atoms with Gasteiger partial charge in [0.2, 0.25) is 15.9 Å². The van der Waals surface area contributed by atoms with Crippen molar-refractivity contribution < 1.29 is 13.2 Å². The zero-order chi connectivity index (χ0) is 28.5. The second-order valence-electron chi connectivity index (χ2n) is 11.6. The van der Waals surface area contributed by atoms with Gasteiger partial charge in [-0.3, -0.25) is 4.79 Å². The zero-order valence-corrected chi connectivity index (χ0v) is 25.4. The molecule has 3 aromatic carbocycles. The number of hydrogen-bond acceptors (Lipinski definition) is 4. The van der Waals surface area contributed by atoms with Gasteiger partial charge in [0.15, 0.2) is 0 Å². The summed E-state index contributed by atoms with van der Waals surface area (Å²) in [5.74, 6) is -0.165.